The van der Waals surface area contributed by atoms with Gasteiger partial charge in [-0.3, -0.25) is 0 Å². The fourth-order valence-corrected chi connectivity index (χ4v) is 3.83. The van der Waals surface area contributed by atoms with Gasteiger partial charge in [-0.05, 0) is 61.9 Å². The van der Waals surface area contributed by atoms with Gasteiger partial charge >= 0.3 is 0 Å². The smallest absolute Gasteiger partial charge is 0.00178 e. The molecule has 0 spiro atoms. The number of rotatable bonds is 5. The van der Waals surface area contributed by atoms with Crippen molar-refractivity contribution >= 4 is 0 Å². The maximum atomic E-state index is 3.67. The average Bonchev–Trinajstić information content (AvgIpc) is 2.18. The Morgan fingerprint density at radius 1 is 1.18 bits per heavy atom. The molecule has 2 aliphatic rings. The molecule has 17 heavy (non-hydrogen) atoms. The highest BCUT2D eigenvalue weighted by atomic mass is 14.9. The molecule has 0 aromatic carbocycles. The zero-order valence-electron chi connectivity index (χ0n) is 12.1. The minimum absolute atomic E-state index is 0.613. The van der Waals surface area contributed by atoms with E-state index in [0.717, 1.165) is 17.8 Å². The summed E-state index contributed by atoms with van der Waals surface area (Å²) in [7, 11) is 0. The van der Waals surface area contributed by atoms with Gasteiger partial charge in [0.1, 0.15) is 0 Å². The van der Waals surface area contributed by atoms with E-state index in [1.165, 1.54) is 58.0 Å². The van der Waals surface area contributed by atoms with Gasteiger partial charge in [-0.2, -0.15) is 0 Å². The molecule has 2 atom stereocenters. The molecule has 0 aromatic heterocycles. The second kappa shape index (κ2) is 5.73. The van der Waals surface area contributed by atoms with Crippen molar-refractivity contribution in [2.24, 2.45) is 23.2 Å². The lowest BCUT2D eigenvalue weighted by Gasteiger charge is -2.47. The van der Waals surface area contributed by atoms with Crippen LogP contribution in [0.2, 0.25) is 0 Å². The van der Waals surface area contributed by atoms with Crippen molar-refractivity contribution in [3.05, 3.63) is 0 Å². The summed E-state index contributed by atoms with van der Waals surface area (Å²) in [6, 6.07) is 0. The summed E-state index contributed by atoms with van der Waals surface area (Å²) in [6.45, 7) is 9.71. The van der Waals surface area contributed by atoms with E-state index in [9.17, 15) is 0 Å². The maximum absolute atomic E-state index is 3.67. The van der Waals surface area contributed by atoms with Crippen molar-refractivity contribution in [3.63, 3.8) is 0 Å². The number of hydrogen-bond acceptors (Lipinski definition) is 1. The predicted octanol–water partition coefficient (Wildman–Crippen LogP) is 4.23. The van der Waals surface area contributed by atoms with E-state index in [2.05, 4.69) is 26.1 Å². The molecule has 2 fully saturated rings. The minimum Gasteiger partial charge on any atom is -0.316 e. The lowest BCUT2D eigenvalue weighted by Crippen LogP contribution is -2.41. The Bertz CT molecular complexity index is 230. The zero-order chi connectivity index (χ0) is 12.3. The van der Waals surface area contributed by atoms with Crippen LogP contribution in [0.25, 0.3) is 0 Å². The second-order valence-electron chi connectivity index (χ2n) is 7.23. The van der Waals surface area contributed by atoms with Crippen LogP contribution in [0.15, 0.2) is 0 Å². The van der Waals surface area contributed by atoms with Crippen LogP contribution in [0.5, 0.6) is 0 Å². The van der Waals surface area contributed by atoms with E-state index in [1.54, 1.807) is 0 Å². The average molecular weight is 237 g/mol. The second-order valence-corrected chi connectivity index (χ2v) is 7.23. The monoisotopic (exact) mass is 237 g/mol. The van der Waals surface area contributed by atoms with Crippen molar-refractivity contribution in [1.82, 2.24) is 5.32 Å². The molecule has 2 unspecified atom stereocenters. The van der Waals surface area contributed by atoms with Crippen molar-refractivity contribution in [2.45, 2.75) is 65.7 Å². The first kappa shape index (κ1) is 13.4. The molecule has 0 bridgehead atoms. The highest BCUT2D eigenvalue weighted by Gasteiger charge is 2.40. The SMILES string of the molecule is CCCNCC1CCC(C)(C)CC1C1CCC1. The Morgan fingerprint density at radius 3 is 2.53 bits per heavy atom. The van der Waals surface area contributed by atoms with Gasteiger partial charge in [0.15, 0.2) is 0 Å². The van der Waals surface area contributed by atoms with Gasteiger partial charge in [0.05, 0.1) is 0 Å². The van der Waals surface area contributed by atoms with Crippen LogP contribution in [0.3, 0.4) is 0 Å². The molecular formula is C16H31N. The Kier molecular flexibility index (Phi) is 4.52. The zero-order valence-corrected chi connectivity index (χ0v) is 12.1. The Balaban J connectivity index is 1.88. The van der Waals surface area contributed by atoms with E-state index in [0.29, 0.717) is 5.41 Å². The molecular weight excluding hydrogens is 206 g/mol. The maximum Gasteiger partial charge on any atom is -0.00178 e. The first-order chi connectivity index (χ1) is 8.12. The molecule has 0 radical (unpaired) electrons. The molecule has 0 amide bonds. The molecule has 2 aliphatic carbocycles. The van der Waals surface area contributed by atoms with Crippen LogP contribution < -0.4 is 5.32 Å². The molecule has 1 heteroatoms. The lowest BCUT2D eigenvalue weighted by molar-refractivity contribution is 0.0409. The molecule has 2 rings (SSSR count). The van der Waals surface area contributed by atoms with E-state index in [4.69, 9.17) is 0 Å². The van der Waals surface area contributed by atoms with Gasteiger partial charge in [0, 0.05) is 0 Å². The third-order valence-corrected chi connectivity index (χ3v) is 5.17. The Morgan fingerprint density at radius 2 is 1.94 bits per heavy atom. The number of nitrogens with one attached hydrogen (secondary N) is 1. The Hall–Kier alpha value is -0.0400. The van der Waals surface area contributed by atoms with Gasteiger partial charge in [-0.15, -0.1) is 0 Å². The number of hydrogen-bond donors (Lipinski definition) is 1. The van der Waals surface area contributed by atoms with Gasteiger partial charge in [0.2, 0.25) is 0 Å². The van der Waals surface area contributed by atoms with Crippen LogP contribution in [0.1, 0.15) is 65.7 Å². The third kappa shape index (κ3) is 3.47. The van der Waals surface area contributed by atoms with E-state index < -0.39 is 0 Å². The molecule has 1 nitrogen and oxygen atoms in total. The van der Waals surface area contributed by atoms with Crippen LogP contribution in [-0.4, -0.2) is 13.1 Å². The summed E-state index contributed by atoms with van der Waals surface area (Å²) in [5.74, 6) is 3.07. The van der Waals surface area contributed by atoms with Crippen LogP contribution >= 0.6 is 0 Å². The highest BCUT2D eigenvalue weighted by molar-refractivity contribution is 4.91. The van der Waals surface area contributed by atoms with Gasteiger partial charge in [0.25, 0.3) is 0 Å². The quantitative estimate of drug-likeness (QED) is 0.706. The standard InChI is InChI=1S/C16H31N/c1-4-10-17-12-14-8-9-16(2,3)11-15(14)13-6-5-7-13/h13-15,17H,4-12H2,1-3H3. The molecule has 0 aromatic rings. The largest absolute Gasteiger partial charge is 0.316 e. The first-order valence-corrected chi connectivity index (χ1v) is 7.83. The van der Waals surface area contributed by atoms with Crippen LogP contribution in [-0.2, 0) is 0 Å². The fraction of sp³-hybridized carbons (Fsp3) is 1.00. The van der Waals surface area contributed by atoms with Crippen LogP contribution in [0.4, 0.5) is 0 Å². The normalized spacial score (nSPS) is 33.4. The molecule has 0 saturated heterocycles. The first-order valence-electron chi connectivity index (χ1n) is 7.83. The van der Waals surface area contributed by atoms with Crippen molar-refractivity contribution in [3.8, 4) is 0 Å². The van der Waals surface area contributed by atoms with Crippen molar-refractivity contribution in [1.29, 1.82) is 0 Å². The van der Waals surface area contributed by atoms with Crippen molar-refractivity contribution < 1.29 is 0 Å². The lowest BCUT2D eigenvalue weighted by atomic mass is 9.59. The van der Waals surface area contributed by atoms with E-state index in [-0.39, 0.29) is 0 Å². The summed E-state index contributed by atoms with van der Waals surface area (Å²) >= 11 is 0. The van der Waals surface area contributed by atoms with Gasteiger partial charge in [-0.25, -0.2) is 0 Å². The van der Waals surface area contributed by atoms with E-state index >= 15 is 0 Å². The van der Waals surface area contributed by atoms with E-state index in [1.807, 2.05) is 0 Å². The molecule has 100 valence electrons. The predicted molar refractivity (Wildman–Crippen MR) is 75.1 cm³/mol. The summed E-state index contributed by atoms with van der Waals surface area (Å²) in [4.78, 5) is 0. The highest BCUT2D eigenvalue weighted by Crippen LogP contribution is 2.49. The summed E-state index contributed by atoms with van der Waals surface area (Å²) < 4.78 is 0. The van der Waals surface area contributed by atoms with Crippen molar-refractivity contribution in [2.75, 3.05) is 13.1 Å². The molecule has 0 aliphatic heterocycles. The summed E-state index contributed by atoms with van der Waals surface area (Å²) in [5.41, 5.74) is 0.613. The minimum atomic E-state index is 0.613. The summed E-state index contributed by atoms with van der Waals surface area (Å²) in [5, 5.41) is 3.67. The third-order valence-electron chi connectivity index (χ3n) is 5.17. The van der Waals surface area contributed by atoms with Gasteiger partial charge < -0.3 is 5.32 Å². The molecule has 2 saturated carbocycles. The fourth-order valence-electron chi connectivity index (χ4n) is 3.83. The summed E-state index contributed by atoms with van der Waals surface area (Å²) in [6.07, 6.45) is 10.2. The van der Waals surface area contributed by atoms with Gasteiger partial charge in [-0.1, -0.05) is 40.0 Å². The molecule has 1 N–H and O–H groups in total. The molecule has 0 heterocycles. The topological polar surface area (TPSA) is 12.0 Å². The van der Waals surface area contributed by atoms with Crippen LogP contribution in [0, 0.1) is 23.2 Å². The Labute approximate surface area is 108 Å².